The van der Waals surface area contributed by atoms with Crippen LogP contribution in [0.2, 0.25) is 0 Å². The Kier molecular flexibility index (Phi) is 4.06. The van der Waals surface area contributed by atoms with Gasteiger partial charge in [0.05, 0.1) is 0 Å². The van der Waals surface area contributed by atoms with Crippen LogP contribution in [0.1, 0.15) is 26.3 Å². The SMILES string of the molecule is CC(C)(C)c1cccc2oc3cc(-c4ccc(-c5ccccc5)cc4)ccc3c12. The number of fused-ring (bicyclic) bond motifs is 3. The van der Waals surface area contributed by atoms with Crippen molar-refractivity contribution in [1.82, 2.24) is 0 Å². The van der Waals surface area contributed by atoms with Gasteiger partial charge >= 0.3 is 0 Å². The zero-order valence-corrected chi connectivity index (χ0v) is 17.1. The van der Waals surface area contributed by atoms with E-state index in [2.05, 4.69) is 106 Å². The van der Waals surface area contributed by atoms with Crippen molar-refractivity contribution < 1.29 is 4.42 Å². The maximum atomic E-state index is 6.24. The highest BCUT2D eigenvalue weighted by Gasteiger charge is 2.20. The summed E-state index contributed by atoms with van der Waals surface area (Å²) in [6.45, 7) is 6.76. The molecule has 5 aromatic rings. The predicted molar refractivity (Wildman–Crippen MR) is 123 cm³/mol. The first kappa shape index (κ1) is 17.8. The molecule has 0 bridgehead atoms. The molecule has 4 aromatic carbocycles. The minimum absolute atomic E-state index is 0.0717. The molecular formula is C28H24O. The van der Waals surface area contributed by atoms with E-state index in [4.69, 9.17) is 4.42 Å². The molecule has 0 aliphatic rings. The fourth-order valence-corrected chi connectivity index (χ4v) is 4.12. The van der Waals surface area contributed by atoms with Gasteiger partial charge in [-0.25, -0.2) is 0 Å². The summed E-state index contributed by atoms with van der Waals surface area (Å²) in [5.74, 6) is 0. The van der Waals surface area contributed by atoms with Crippen LogP contribution in [0.25, 0.3) is 44.2 Å². The highest BCUT2D eigenvalue weighted by molar-refractivity contribution is 6.08. The number of furan rings is 1. The molecule has 29 heavy (non-hydrogen) atoms. The molecule has 0 saturated carbocycles. The molecule has 0 radical (unpaired) electrons. The van der Waals surface area contributed by atoms with E-state index in [0.717, 1.165) is 11.2 Å². The number of hydrogen-bond acceptors (Lipinski definition) is 1. The Balaban J connectivity index is 1.59. The third-order valence-electron chi connectivity index (χ3n) is 5.63. The first-order chi connectivity index (χ1) is 14.0. The predicted octanol–water partition coefficient (Wildman–Crippen LogP) is 8.22. The molecule has 0 fully saturated rings. The third kappa shape index (κ3) is 3.13. The number of hydrogen-bond donors (Lipinski definition) is 0. The van der Waals surface area contributed by atoms with E-state index in [9.17, 15) is 0 Å². The van der Waals surface area contributed by atoms with Crippen LogP contribution in [0.5, 0.6) is 0 Å². The summed E-state index contributed by atoms with van der Waals surface area (Å²) >= 11 is 0. The van der Waals surface area contributed by atoms with Gasteiger partial charge in [0, 0.05) is 10.8 Å². The number of rotatable bonds is 2. The van der Waals surface area contributed by atoms with Gasteiger partial charge in [-0.1, -0.05) is 93.6 Å². The Morgan fingerprint density at radius 3 is 1.86 bits per heavy atom. The highest BCUT2D eigenvalue weighted by Crippen LogP contribution is 2.38. The van der Waals surface area contributed by atoms with Gasteiger partial charge in [0.25, 0.3) is 0 Å². The first-order valence-corrected chi connectivity index (χ1v) is 10.1. The van der Waals surface area contributed by atoms with Gasteiger partial charge in [-0.3, -0.25) is 0 Å². The van der Waals surface area contributed by atoms with Crippen molar-refractivity contribution >= 4 is 21.9 Å². The van der Waals surface area contributed by atoms with Crippen LogP contribution in [0.3, 0.4) is 0 Å². The van der Waals surface area contributed by atoms with Crippen LogP contribution in [0, 0.1) is 0 Å². The molecule has 0 amide bonds. The molecule has 0 atom stereocenters. The molecule has 1 aromatic heterocycles. The second-order valence-corrected chi connectivity index (χ2v) is 8.69. The zero-order valence-electron chi connectivity index (χ0n) is 17.1. The molecule has 1 heteroatoms. The summed E-state index contributed by atoms with van der Waals surface area (Å²) in [6, 6.07) is 32.2. The maximum Gasteiger partial charge on any atom is 0.136 e. The lowest BCUT2D eigenvalue weighted by atomic mass is 9.84. The molecule has 0 aliphatic carbocycles. The fourth-order valence-electron chi connectivity index (χ4n) is 4.12. The summed E-state index contributed by atoms with van der Waals surface area (Å²) in [7, 11) is 0. The van der Waals surface area contributed by atoms with E-state index in [1.807, 2.05) is 6.07 Å². The van der Waals surface area contributed by atoms with Crippen LogP contribution < -0.4 is 0 Å². The molecule has 0 saturated heterocycles. The molecule has 5 rings (SSSR count). The monoisotopic (exact) mass is 376 g/mol. The molecule has 1 nitrogen and oxygen atoms in total. The first-order valence-electron chi connectivity index (χ1n) is 10.1. The average Bonchev–Trinajstić information content (AvgIpc) is 3.11. The van der Waals surface area contributed by atoms with Crippen molar-refractivity contribution in [1.29, 1.82) is 0 Å². The van der Waals surface area contributed by atoms with Gasteiger partial charge in [0.2, 0.25) is 0 Å². The van der Waals surface area contributed by atoms with Gasteiger partial charge in [0.15, 0.2) is 0 Å². The van der Waals surface area contributed by atoms with Crippen molar-refractivity contribution in [2.45, 2.75) is 26.2 Å². The standard InChI is InChI=1S/C28H24O/c1-28(2,3)24-10-7-11-25-27(24)23-17-16-22(18-26(23)29-25)21-14-12-20(13-15-21)19-8-5-4-6-9-19/h4-18H,1-3H3. The van der Waals surface area contributed by atoms with Gasteiger partial charge < -0.3 is 4.42 Å². The van der Waals surface area contributed by atoms with Crippen LogP contribution in [0.4, 0.5) is 0 Å². The average molecular weight is 376 g/mol. The molecule has 0 N–H and O–H groups in total. The smallest absolute Gasteiger partial charge is 0.136 e. The lowest BCUT2D eigenvalue weighted by molar-refractivity contribution is 0.594. The van der Waals surface area contributed by atoms with Crippen LogP contribution >= 0.6 is 0 Å². The summed E-state index contributed by atoms with van der Waals surface area (Å²) in [5.41, 5.74) is 8.15. The second-order valence-electron chi connectivity index (χ2n) is 8.69. The van der Waals surface area contributed by atoms with Crippen molar-refractivity contribution in [3.63, 3.8) is 0 Å². The van der Waals surface area contributed by atoms with E-state index in [1.165, 1.54) is 38.6 Å². The maximum absolute atomic E-state index is 6.24. The van der Waals surface area contributed by atoms with Gasteiger partial charge in [-0.15, -0.1) is 0 Å². The minimum atomic E-state index is 0.0717. The fraction of sp³-hybridized carbons (Fsp3) is 0.143. The van der Waals surface area contributed by atoms with Crippen molar-refractivity contribution in [2.75, 3.05) is 0 Å². The second kappa shape index (κ2) is 6.63. The summed E-state index contributed by atoms with van der Waals surface area (Å²) in [6.07, 6.45) is 0. The molecule has 142 valence electrons. The van der Waals surface area contributed by atoms with E-state index in [1.54, 1.807) is 0 Å². The summed E-state index contributed by atoms with van der Waals surface area (Å²) < 4.78 is 6.24. The quantitative estimate of drug-likeness (QED) is 0.302. The van der Waals surface area contributed by atoms with Gasteiger partial charge in [-0.2, -0.15) is 0 Å². The number of benzene rings is 4. The van der Waals surface area contributed by atoms with E-state index < -0.39 is 0 Å². The summed E-state index contributed by atoms with van der Waals surface area (Å²) in [4.78, 5) is 0. The van der Waals surface area contributed by atoms with Gasteiger partial charge in [0.1, 0.15) is 11.2 Å². The van der Waals surface area contributed by atoms with Crippen molar-refractivity contribution in [2.24, 2.45) is 0 Å². The Morgan fingerprint density at radius 1 is 0.552 bits per heavy atom. The topological polar surface area (TPSA) is 13.1 Å². The Hall–Kier alpha value is -3.32. The Bertz CT molecular complexity index is 1300. The lowest BCUT2D eigenvalue weighted by Crippen LogP contribution is -2.11. The molecule has 0 spiro atoms. The van der Waals surface area contributed by atoms with Gasteiger partial charge in [-0.05, 0) is 51.4 Å². The zero-order chi connectivity index (χ0) is 20.0. The third-order valence-corrected chi connectivity index (χ3v) is 5.63. The van der Waals surface area contributed by atoms with E-state index in [-0.39, 0.29) is 5.41 Å². The Labute approximate surface area is 171 Å². The largest absolute Gasteiger partial charge is 0.456 e. The minimum Gasteiger partial charge on any atom is -0.456 e. The van der Waals surface area contributed by atoms with Crippen LogP contribution in [0.15, 0.2) is 95.4 Å². The molecular weight excluding hydrogens is 352 g/mol. The lowest BCUT2D eigenvalue weighted by Gasteiger charge is -2.19. The molecule has 1 heterocycles. The normalized spacial score (nSPS) is 12.0. The van der Waals surface area contributed by atoms with Crippen LogP contribution in [-0.4, -0.2) is 0 Å². The summed E-state index contributed by atoms with van der Waals surface area (Å²) in [5, 5.41) is 2.43. The van der Waals surface area contributed by atoms with Crippen molar-refractivity contribution in [3.05, 3.63) is 96.6 Å². The molecule has 0 unspecified atom stereocenters. The Morgan fingerprint density at radius 2 is 1.17 bits per heavy atom. The van der Waals surface area contributed by atoms with E-state index in [0.29, 0.717) is 0 Å². The highest BCUT2D eigenvalue weighted by atomic mass is 16.3. The molecule has 0 aliphatic heterocycles. The van der Waals surface area contributed by atoms with Crippen LogP contribution in [-0.2, 0) is 5.41 Å². The van der Waals surface area contributed by atoms with E-state index >= 15 is 0 Å². The van der Waals surface area contributed by atoms with Crippen molar-refractivity contribution in [3.8, 4) is 22.3 Å².